The first-order chi connectivity index (χ1) is 20.1. The molecule has 14 heteroatoms. The van der Waals surface area contributed by atoms with Gasteiger partial charge in [-0.15, -0.1) is 5.10 Å². The lowest BCUT2D eigenvalue weighted by Gasteiger charge is -2.45. The fraction of sp³-hybridized carbons (Fsp3) is 0.464. The van der Waals surface area contributed by atoms with Crippen molar-refractivity contribution in [3.63, 3.8) is 0 Å². The van der Waals surface area contributed by atoms with E-state index in [0.717, 1.165) is 29.7 Å². The maximum absolute atomic E-state index is 14.1. The van der Waals surface area contributed by atoms with Gasteiger partial charge in [0, 0.05) is 17.1 Å². The fourth-order valence-corrected chi connectivity index (χ4v) is 5.77. The number of hydrogen-bond donors (Lipinski definition) is 4. The predicted molar refractivity (Wildman–Crippen MR) is 142 cm³/mol. The summed E-state index contributed by atoms with van der Waals surface area (Å²) in [6, 6.07) is 6.27. The van der Waals surface area contributed by atoms with Crippen LogP contribution in [0.1, 0.15) is 37.3 Å². The SMILES string of the molecule is O=C(C1OC(CO)C(O)C(n2cc(-c3cc(F)c(F)c(F)c3)nn2)C1O)N(Cc1ccc(Cl)cc1)[C@H]1CCCC[C@@H]1O. The van der Waals surface area contributed by atoms with Gasteiger partial charge in [-0.1, -0.05) is 41.8 Å². The van der Waals surface area contributed by atoms with Crippen molar-refractivity contribution in [1.82, 2.24) is 19.9 Å². The molecular weight excluding hydrogens is 581 g/mol. The smallest absolute Gasteiger partial charge is 0.255 e. The zero-order valence-electron chi connectivity index (χ0n) is 22.2. The molecule has 7 atom stereocenters. The Morgan fingerprint density at radius 1 is 1.05 bits per heavy atom. The van der Waals surface area contributed by atoms with Gasteiger partial charge in [0.25, 0.3) is 5.91 Å². The third-order valence-electron chi connectivity index (χ3n) is 7.87. The largest absolute Gasteiger partial charge is 0.394 e. The van der Waals surface area contributed by atoms with Crippen LogP contribution in [-0.2, 0) is 16.1 Å². The second-order valence-electron chi connectivity index (χ2n) is 10.6. The van der Waals surface area contributed by atoms with Crippen molar-refractivity contribution in [1.29, 1.82) is 0 Å². The second-order valence-corrected chi connectivity index (χ2v) is 11.0. The molecule has 4 N–H and O–H groups in total. The highest BCUT2D eigenvalue weighted by atomic mass is 35.5. The Morgan fingerprint density at radius 3 is 2.36 bits per heavy atom. The Labute approximate surface area is 243 Å². The van der Waals surface area contributed by atoms with Gasteiger partial charge in [0.15, 0.2) is 23.6 Å². The molecule has 0 radical (unpaired) electrons. The minimum atomic E-state index is -1.72. The van der Waals surface area contributed by atoms with Crippen LogP contribution in [0, 0.1) is 17.5 Å². The van der Waals surface area contributed by atoms with E-state index < -0.39 is 72.6 Å². The molecule has 226 valence electrons. The van der Waals surface area contributed by atoms with Crippen LogP contribution in [0.5, 0.6) is 0 Å². The molecule has 2 aliphatic rings. The number of carbonyl (C=O) groups is 1. The van der Waals surface area contributed by atoms with Crippen molar-refractivity contribution in [2.75, 3.05) is 6.61 Å². The number of carbonyl (C=O) groups excluding carboxylic acids is 1. The van der Waals surface area contributed by atoms with Gasteiger partial charge in [0.2, 0.25) is 0 Å². The number of halogens is 4. The number of rotatable bonds is 7. The quantitative estimate of drug-likeness (QED) is 0.299. The highest BCUT2D eigenvalue weighted by Gasteiger charge is 2.50. The van der Waals surface area contributed by atoms with Crippen LogP contribution in [-0.4, -0.2) is 89.4 Å². The molecule has 2 heterocycles. The van der Waals surface area contributed by atoms with E-state index in [0.29, 0.717) is 23.4 Å². The van der Waals surface area contributed by atoms with Crippen molar-refractivity contribution in [2.45, 2.75) is 74.8 Å². The molecular formula is C28H30ClF3N4O6. The standard InChI is InChI=1S/C28H30ClF3N4O6/c29-16-7-5-14(6-8-16)11-35(20-3-1-2-4-21(20)38)28(41)27-26(40)24(25(39)22(13-37)42-27)36-12-19(33-34-36)15-9-17(30)23(32)18(31)10-15/h5-10,12,20-22,24-27,37-40H,1-4,11,13H2/t20-,21-,22?,24?,25?,26?,27?/m0/s1. The molecule has 1 saturated heterocycles. The summed E-state index contributed by atoms with van der Waals surface area (Å²) in [5.74, 6) is -5.22. The van der Waals surface area contributed by atoms with Crippen LogP contribution < -0.4 is 0 Å². The van der Waals surface area contributed by atoms with E-state index in [2.05, 4.69) is 10.3 Å². The van der Waals surface area contributed by atoms with E-state index in [1.54, 1.807) is 24.3 Å². The summed E-state index contributed by atoms with van der Waals surface area (Å²) in [5, 5.41) is 51.4. The molecule has 10 nitrogen and oxygen atoms in total. The van der Waals surface area contributed by atoms with Crippen LogP contribution in [0.15, 0.2) is 42.6 Å². The van der Waals surface area contributed by atoms with E-state index in [9.17, 15) is 38.4 Å². The fourth-order valence-electron chi connectivity index (χ4n) is 5.64. The topological polar surface area (TPSA) is 141 Å². The van der Waals surface area contributed by atoms with Crippen LogP contribution in [0.4, 0.5) is 13.2 Å². The van der Waals surface area contributed by atoms with Gasteiger partial charge >= 0.3 is 0 Å². The van der Waals surface area contributed by atoms with Crippen LogP contribution >= 0.6 is 11.6 Å². The summed E-state index contributed by atoms with van der Waals surface area (Å²) in [5.41, 5.74) is 0.461. The summed E-state index contributed by atoms with van der Waals surface area (Å²) in [7, 11) is 0. The highest BCUT2D eigenvalue weighted by Crippen LogP contribution is 2.34. The molecule has 2 fully saturated rings. The van der Waals surface area contributed by atoms with Gasteiger partial charge in [-0.05, 0) is 42.7 Å². The van der Waals surface area contributed by atoms with Crippen molar-refractivity contribution in [2.24, 2.45) is 0 Å². The Balaban J connectivity index is 1.47. The average Bonchev–Trinajstić information content (AvgIpc) is 3.45. The number of aliphatic hydroxyl groups is 4. The summed E-state index contributed by atoms with van der Waals surface area (Å²) < 4.78 is 47.8. The zero-order valence-corrected chi connectivity index (χ0v) is 23.0. The highest BCUT2D eigenvalue weighted by molar-refractivity contribution is 6.30. The van der Waals surface area contributed by atoms with Gasteiger partial charge in [0.05, 0.1) is 24.9 Å². The minimum Gasteiger partial charge on any atom is -0.394 e. The third kappa shape index (κ3) is 6.03. The monoisotopic (exact) mass is 610 g/mol. The van der Waals surface area contributed by atoms with E-state index >= 15 is 0 Å². The lowest BCUT2D eigenvalue weighted by molar-refractivity contribution is -0.214. The first-order valence-corrected chi connectivity index (χ1v) is 13.9. The van der Waals surface area contributed by atoms with Crippen molar-refractivity contribution < 1.29 is 43.1 Å². The summed E-state index contributed by atoms with van der Waals surface area (Å²) in [6.45, 7) is -0.649. The Morgan fingerprint density at radius 2 is 1.71 bits per heavy atom. The number of ether oxygens (including phenoxy) is 1. The first-order valence-electron chi connectivity index (χ1n) is 13.5. The molecule has 42 heavy (non-hydrogen) atoms. The molecule has 2 aromatic carbocycles. The molecule has 5 unspecified atom stereocenters. The number of hydrogen-bond acceptors (Lipinski definition) is 8. The Kier molecular flexibility index (Phi) is 9.16. The zero-order chi connectivity index (χ0) is 30.1. The molecule has 3 aromatic rings. The second kappa shape index (κ2) is 12.7. The van der Waals surface area contributed by atoms with Crippen LogP contribution in [0.2, 0.25) is 5.02 Å². The molecule has 5 rings (SSSR count). The maximum atomic E-state index is 14.1. The molecule has 1 aromatic heterocycles. The predicted octanol–water partition coefficient (Wildman–Crippen LogP) is 2.37. The van der Waals surface area contributed by atoms with Crippen molar-refractivity contribution >= 4 is 17.5 Å². The van der Waals surface area contributed by atoms with Crippen LogP contribution in [0.3, 0.4) is 0 Å². The summed E-state index contributed by atoms with van der Waals surface area (Å²) >= 11 is 6.02. The molecule has 1 aliphatic heterocycles. The Bertz CT molecular complexity index is 1390. The number of benzene rings is 2. The number of aliphatic hydroxyl groups excluding tert-OH is 4. The van der Waals surface area contributed by atoms with E-state index in [4.69, 9.17) is 16.3 Å². The van der Waals surface area contributed by atoms with Crippen molar-refractivity contribution in [3.05, 3.63) is 70.6 Å². The van der Waals surface area contributed by atoms with E-state index in [1.165, 1.54) is 11.1 Å². The maximum Gasteiger partial charge on any atom is 0.255 e. The number of aromatic nitrogens is 3. The van der Waals surface area contributed by atoms with Crippen molar-refractivity contribution in [3.8, 4) is 11.3 Å². The normalized spacial score (nSPS) is 28.0. The molecule has 1 aliphatic carbocycles. The lowest BCUT2D eigenvalue weighted by Crippen LogP contribution is -2.62. The first kappa shape index (κ1) is 30.4. The molecule has 0 spiro atoms. The molecule has 0 bridgehead atoms. The lowest BCUT2D eigenvalue weighted by atomic mass is 9.88. The summed E-state index contributed by atoms with van der Waals surface area (Å²) in [6.07, 6.45) is -3.31. The van der Waals surface area contributed by atoms with Crippen LogP contribution in [0.25, 0.3) is 11.3 Å². The summed E-state index contributed by atoms with van der Waals surface area (Å²) in [4.78, 5) is 15.5. The third-order valence-corrected chi connectivity index (χ3v) is 8.13. The van der Waals surface area contributed by atoms with E-state index in [1.807, 2.05) is 0 Å². The number of amides is 1. The van der Waals surface area contributed by atoms with Gasteiger partial charge < -0.3 is 30.1 Å². The van der Waals surface area contributed by atoms with Gasteiger partial charge in [-0.3, -0.25) is 4.79 Å². The van der Waals surface area contributed by atoms with Gasteiger partial charge in [-0.2, -0.15) is 0 Å². The Hall–Kier alpha value is -3.07. The van der Waals surface area contributed by atoms with Gasteiger partial charge in [-0.25, -0.2) is 17.9 Å². The van der Waals surface area contributed by atoms with Gasteiger partial charge in [0.1, 0.15) is 30.0 Å². The minimum absolute atomic E-state index is 0.0660. The molecule has 1 amide bonds. The number of nitrogens with zero attached hydrogens (tertiary/aromatic N) is 4. The van der Waals surface area contributed by atoms with E-state index in [-0.39, 0.29) is 17.8 Å². The average molecular weight is 611 g/mol. The molecule has 1 saturated carbocycles.